The van der Waals surface area contributed by atoms with E-state index in [0.29, 0.717) is 24.7 Å². The smallest absolute Gasteiger partial charge is 0.274 e. The van der Waals surface area contributed by atoms with Gasteiger partial charge < -0.3 is 9.64 Å². The number of aromatic nitrogens is 3. The van der Waals surface area contributed by atoms with E-state index in [0.717, 1.165) is 30.8 Å². The summed E-state index contributed by atoms with van der Waals surface area (Å²) in [4.78, 5) is 19.1. The van der Waals surface area contributed by atoms with Gasteiger partial charge in [-0.25, -0.2) is 0 Å². The molecule has 6 nitrogen and oxygen atoms in total. The summed E-state index contributed by atoms with van der Waals surface area (Å²) in [6, 6.07) is 7.67. The second-order valence-corrected chi connectivity index (χ2v) is 6.62. The number of nitrogens with zero attached hydrogens (tertiary/aromatic N) is 3. The number of carbonyl (C=O) groups excluding carboxylic acids is 1. The zero-order valence-electron chi connectivity index (χ0n) is 13.6. The van der Waals surface area contributed by atoms with Crippen LogP contribution in [0.3, 0.4) is 0 Å². The molecule has 1 saturated heterocycles. The lowest BCUT2D eigenvalue weighted by Gasteiger charge is -2.24. The molecule has 3 heterocycles. The van der Waals surface area contributed by atoms with Crippen LogP contribution in [-0.4, -0.2) is 45.2 Å². The molecular formula is C18H22N4O2. The molecule has 1 amide bonds. The highest BCUT2D eigenvalue weighted by Crippen LogP contribution is 2.39. The van der Waals surface area contributed by atoms with Gasteiger partial charge in [-0.2, -0.15) is 5.10 Å². The number of hydrogen-bond donors (Lipinski definition) is 1. The highest BCUT2D eigenvalue weighted by molar-refractivity contribution is 5.92. The molecule has 1 N–H and O–H groups in total. The average molecular weight is 326 g/mol. The lowest BCUT2D eigenvalue weighted by Crippen LogP contribution is -2.37. The Morgan fingerprint density at radius 3 is 2.96 bits per heavy atom. The molecular weight excluding hydrogens is 304 g/mol. The molecule has 2 aromatic rings. The maximum Gasteiger partial charge on any atom is 0.274 e. The molecule has 1 atom stereocenters. The van der Waals surface area contributed by atoms with Gasteiger partial charge in [0.05, 0.1) is 18.3 Å². The van der Waals surface area contributed by atoms with E-state index in [9.17, 15) is 4.79 Å². The maximum atomic E-state index is 13.0. The van der Waals surface area contributed by atoms with Gasteiger partial charge in [-0.15, -0.1) is 0 Å². The van der Waals surface area contributed by atoms with E-state index in [-0.39, 0.29) is 12.0 Å². The van der Waals surface area contributed by atoms with Crippen LogP contribution >= 0.6 is 0 Å². The molecule has 2 aliphatic rings. The van der Waals surface area contributed by atoms with Crippen molar-refractivity contribution in [2.24, 2.45) is 0 Å². The second kappa shape index (κ2) is 6.73. The van der Waals surface area contributed by atoms with Crippen molar-refractivity contribution in [1.29, 1.82) is 0 Å². The normalized spacial score (nSPS) is 20.2. The lowest BCUT2D eigenvalue weighted by atomic mass is 10.2. The van der Waals surface area contributed by atoms with Gasteiger partial charge in [0.2, 0.25) is 0 Å². The summed E-state index contributed by atoms with van der Waals surface area (Å²) in [5.41, 5.74) is 2.45. The van der Waals surface area contributed by atoms with Gasteiger partial charge in [0.15, 0.2) is 0 Å². The molecule has 1 aliphatic heterocycles. The number of rotatable bonds is 6. The molecule has 0 bridgehead atoms. The average Bonchev–Trinajstić information content (AvgIpc) is 3.11. The summed E-state index contributed by atoms with van der Waals surface area (Å²) in [6.07, 6.45) is 6.29. The van der Waals surface area contributed by atoms with E-state index < -0.39 is 0 Å². The van der Waals surface area contributed by atoms with E-state index in [2.05, 4.69) is 15.2 Å². The minimum absolute atomic E-state index is 0.0562. The number of amides is 1. The molecule has 1 aliphatic carbocycles. The van der Waals surface area contributed by atoms with Gasteiger partial charge in [-0.1, -0.05) is 6.07 Å². The molecule has 2 aromatic heterocycles. The predicted octanol–water partition coefficient (Wildman–Crippen LogP) is 2.50. The fraction of sp³-hybridized carbons (Fsp3) is 0.500. The number of aromatic amines is 1. The van der Waals surface area contributed by atoms with Crippen LogP contribution in [0.1, 0.15) is 53.5 Å². The standard InChI is InChI=1S/C18H22N4O2/c23-18(17-10-16(20-21-17)13-6-7-13)22(12-15-5-3-9-24-15)11-14-4-1-2-8-19-14/h1-2,4,8,10,13,15H,3,5-7,9,11-12H2,(H,20,21)/t15-/m0/s1. The molecule has 24 heavy (non-hydrogen) atoms. The first-order valence-corrected chi connectivity index (χ1v) is 8.65. The third kappa shape index (κ3) is 3.48. The van der Waals surface area contributed by atoms with Crippen molar-refractivity contribution in [3.8, 4) is 0 Å². The second-order valence-electron chi connectivity index (χ2n) is 6.62. The Bertz CT molecular complexity index is 690. The fourth-order valence-electron chi connectivity index (χ4n) is 3.15. The maximum absolute atomic E-state index is 13.0. The Kier molecular flexibility index (Phi) is 4.30. The topological polar surface area (TPSA) is 71.1 Å². The van der Waals surface area contributed by atoms with Gasteiger partial charge >= 0.3 is 0 Å². The highest BCUT2D eigenvalue weighted by atomic mass is 16.5. The molecule has 4 rings (SSSR count). The first-order chi connectivity index (χ1) is 11.8. The number of ether oxygens (including phenoxy) is 1. The number of H-pyrrole nitrogens is 1. The van der Waals surface area contributed by atoms with E-state index in [1.807, 2.05) is 29.2 Å². The van der Waals surface area contributed by atoms with Crippen LogP contribution in [0.5, 0.6) is 0 Å². The van der Waals surface area contributed by atoms with E-state index in [4.69, 9.17) is 4.74 Å². The molecule has 0 radical (unpaired) electrons. The summed E-state index contributed by atoms with van der Waals surface area (Å²) in [5.74, 6) is 0.501. The van der Waals surface area contributed by atoms with Crippen LogP contribution in [-0.2, 0) is 11.3 Å². The van der Waals surface area contributed by atoms with Gasteiger partial charge in [0.1, 0.15) is 5.69 Å². The first kappa shape index (κ1) is 15.3. The third-order valence-corrected chi connectivity index (χ3v) is 4.65. The van der Waals surface area contributed by atoms with E-state index >= 15 is 0 Å². The Hall–Kier alpha value is -2.21. The molecule has 0 spiro atoms. The van der Waals surface area contributed by atoms with Crippen LogP contribution in [0.15, 0.2) is 30.5 Å². The largest absolute Gasteiger partial charge is 0.376 e. The van der Waals surface area contributed by atoms with Crippen LogP contribution in [0.2, 0.25) is 0 Å². The van der Waals surface area contributed by atoms with Crippen LogP contribution in [0.25, 0.3) is 0 Å². The molecule has 0 unspecified atom stereocenters. The van der Waals surface area contributed by atoms with Crippen molar-refractivity contribution < 1.29 is 9.53 Å². The van der Waals surface area contributed by atoms with Crippen LogP contribution in [0, 0.1) is 0 Å². The molecule has 126 valence electrons. The SMILES string of the molecule is O=C(c1cc(C2CC2)[nH]n1)N(Cc1ccccn1)C[C@@H]1CCCO1. The van der Waals surface area contributed by atoms with Gasteiger partial charge in [-0.3, -0.25) is 14.9 Å². The van der Waals surface area contributed by atoms with Crippen molar-refractivity contribution in [3.05, 3.63) is 47.5 Å². The van der Waals surface area contributed by atoms with Crippen molar-refractivity contribution in [3.63, 3.8) is 0 Å². The Labute approximate surface area is 141 Å². The summed E-state index contributed by atoms with van der Waals surface area (Å²) in [5, 5.41) is 7.25. The quantitative estimate of drug-likeness (QED) is 0.885. The zero-order valence-corrected chi connectivity index (χ0v) is 13.6. The summed E-state index contributed by atoms with van der Waals surface area (Å²) < 4.78 is 5.72. The molecule has 1 saturated carbocycles. The van der Waals surface area contributed by atoms with Crippen LogP contribution < -0.4 is 0 Å². The predicted molar refractivity (Wildman–Crippen MR) is 88.5 cm³/mol. The highest BCUT2D eigenvalue weighted by Gasteiger charge is 2.29. The zero-order chi connectivity index (χ0) is 16.4. The van der Waals surface area contributed by atoms with E-state index in [1.165, 1.54) is 12.8 Å². The van der Waals surface area contributed by atoms with Crippen LogP contribution in [0.4, 0.5) is 0 Å². The summed E-state index contributed by atoms with van der Waals surface area (Å²) in [7, 11) is 0. The number of pyridine rings is 1. The summed E-state index contributed by atoms with van der Waals surface area (Å²) >= 11 is 0. The Morgan fingerprint density at radius 2 is 2.25 bits per heavy atom. The van der Waals surface area contributed by atoms with Crippen molar-refractivity contribution >= 4 is 5.91 Å². The van der Waals surface area contributed by atoms with Crippen molar-refractivity contribution in [1.82, 2.24) is 20.1 Å². The number of carbonyl (C=O) groups is 1. The van der Waals surface area contributed by atoms with Gasteiger partial charge in [0.25, 0.3) is 5.91 Å². The third-order valence-electron chi connectivity index (χ3n) is 4.65. The monoisotopic (exact) mass is 326 g/mol. The molecule has 0 aromatic carbocycles. The fourth-order valence-corrected chi connectivity index (χ4v) is 3.15. The molecule has 2 fully saturated rings. The van der Waals surface area contributed by atoms with Gasteiger partial charge in [-0.05, 0) is 43.9 Å². The van der Waals surface area contributed by atoms with Gasteiger partial charge in [0, 0.05) is 31.0 Å². The van der Waals surface area contributed by atoms with Crippen molar-refractivity contribution in [2.45, 2.75) is 44.2 Å². The Morgan fingerprint density at radius 1 is 1.33 bits per heavy atom. The minimum Gasteiger partial charge on any atom is -0.376 e. The first-order valence-electron chi connectivity index (χ1n) is 8.65. The number of nitrogens with one attached hydrogen (secondary N) is 1. The number of hydrogen-bond acceptors (Lipinski definition) is 4. The van der Waals surface area contributed by atoms with Crippen molar-refractivity contribution in [2.75, 3.05) is 13.2 Å². The summed E-state index contributed by atoms with van der Waals surface area (Å²) in [6.45, 7) is 1.84. The minimum atomic E-state index is -0.0562. The van der Waals surface area contributed by atoms with E-state index in [1.54, 1.807) is 6.20 Å². The lowest BCUT2D eigenvalue weighted by molar-refractivity contribution is 0.0500. The molecule has 6 heteroatoms. The Balaban J connectivity index is 1.51.